The molecule has 0 aliphatic rings. The van der Waals surface area contributed by atoms with Crippen LogP contribution in [0.15, 0.2) is 48.5 Å². The second kappa shape index (κ2) is 4.24. The fraction of sp³-hybridized carbons (Fsp3) is 0.0667. The minimum Gasteiger partial charge on any atom is -0.369 e. The molecule has 94 valence electrons. The highest BCUT2D eigenvalue weighted by molar-refractivity contribution is 6.10. The van der Waals surface area contributed by atoms with E-state index in [9.17, 15) is 4.79 Å². The molecule has 0 amide bonds. The van der Waals surface area contributed by atoms with Crippen molar-refractivity contribution in [1.29, 1.82) is 0 Å². The normalized spacial score (nSPS) is 10.8. The Bertz CT molecular complexity index is 760. The third-order valence-corrected chi connectivity index (χ3v) is 3.21. The summed E-state index contributed by atoms with van der Waals surface area (Å²) < 4.78 is 1.80. The average Bonchev–Trinajstić information content (AvgIpc) is 2.74. The number of benzene rings is 2. The topological polar surface area (TPSA) is 60.9 Å². The molecule has 3 aromatic rings. The molecule has 0 aliphatic carbocycles. The van der Waals surface area contributed by atoms with Crippen LogP contribution in [0.2, 0.25) is 0 Å². The summed E-state index contributed by atoms with van der Waals surface area (Å²) in [7, 11) is 1.85. The fourth-order valence-corrected chi connectivity index (χ4v) is 2.12. The number of aromatic nitrogens is 2. The zero-order valence-corrected chi connectivity index (χ0v) is 10.5. The number of ketones is 1. The van der Waals surface area contributed by atoms with Gasteiger partial charge >= 0.3 is 0 Å². The predicted molar refractivity (Wildman–Crippen MR) is 75.0 cm³/mol. The van der Waals surface area contributed by atoms with Crippen LogP contribution in [0.4, 0.5) is 5.95 Å². The third-order valence-electron chi connectivity index (χ3n) is 3.21. The van der Waals surface area contributed by atoms with Crippen LogP contribution in [0, 0.1) is 0 Å². The number of imidazole rings is 1. The number of rotatable bonds is 2. The Balaban J connectivity index is 2.09. The summed E-state index contributed by atoms with van der Waals surface area (Å²) in [6, 6.07) is 14.7. The number of hydrogen-bond acceptors (Lipinski definition) is 3. The predicted octanol–water partition coefficient (Wildman–Crippen LogP) is 2.39. The van der Waals surface area contributed by atoms with Gasteiger partial charge in [0.1, 0.15) is 0 Å². The number of aryl methyl sites for hydroxylation is 1. The molecule has 2 aromatic carbocycles. The summed E-state index contributed by atoms with van der Waals surface area (Å²) in [5.41, 5.74) is 8.71. The SMILES string of the molecule is Cn1c(N)nc2cc(C(=O)c3ccccc3)ccc21. The van der Waals surface area contributed by atoms with E-state index < -0.39 is 0 Å². The number of nitrogen functional groups attached to an aromatic ring is 1. The molecule has 4 heteroatoms. The van der Waals surface area contributed by atoms with Gasteiger partial charge in [0, 0.05) is 18.2 Å². The Morgan fingerprint density at radius 2 is 1.84 bits per heavy atom. The van der Waals surface area contributed by atoms with Crippen molar-refractivity contribution >= 4 is 22.8 Å². The number of nitrogens with zero attached hydrogens (tertiary/aromatic N) is 2. The van der Waals surface area contributed by atoms with E-state index in [0.29, 0.717) is 17.1 Å². The van der Waals surface area contributed by atoms with Crippen molar-refractivity contribution in [3.63, 3.8) is 0 Å². The summed E-state index contributed by atoms with van der Waals surface area (Å²) in [5.74, 6) is 0.436. The summed E-state index contributed by atoms with van der Waals surface area (Å²) >= 11 is 0. The number of anilines is 1. The van der Waals surface area contributed by atoms with Gasteiger partial charge < -0.3 is 10.3 Å². The number of hydrogen-bond donors (Lipinski definition) is 1. The maximum atomic E-state index is 12.3. The zero-order chi connectivity index (χ0) is 13.4. The van der Waals surface area contributed by atoms with Crippen LogP contribution in [0.3, 0.4) is 0 Å². The minimum atomic E-state index is -0.00766. The molecule has 19 heavy (non-hydrogen) atoms. The third kappa shape index (κ3) is 1.87. The van der Waals surface area contributed by atoms with Crippen LogP contribution in [0.5, 0.6) is 0 Å². The molecule has 0 fully saturated rings. The molecule has 1 heterocycles. The molecule has 0 unspecified atom stereocenters. The van der Waals surface area contributed by atoms with Gasteiger partial charge in [0.2, 0.25) is 5.95 Å². The molecule has 3 rings (SSSR count). The fourth-order valence-electron chi connectivity index (χ4n) is 2.12. The first-order valence-electron chi connectivity index (χ1n) is 5.98. The van der Waals surface area contributed by atoms with Crippen molar-refractivity contribution in [3.05, 3.63) is 59.7 Å². The van der Waals surface area contributed by atoms with Crippen LogP contribution in [0.25, 0.3) is 11.0 Å². The lowest BCUT2D eigenvalue weighted by Crippen LogP contribution is -2.00. The molecule has 0 aliphatic heterocycles. The van der Waals surface area contributed by atoms with Gasteiger partial charge in [-0.1, -0.05) is 30.3 Å². The highest BCUT2D eigenvalue weighted by Gasteiger charge is 2.11. The maximum absolute atomic E-state index is 12.3. The van der Waals surface area contributed by atoms with Crippen molar-refractivity contribution < 1.29 is 4.79 Å². The zero-order valence-electron chi connectivity index (χ0n) is 10.5. The Morgan fingerprint density at radius 3 is 2.58 bits per heavy atom. The van der Waals surface area contributed by atoms with E-state index in [-0.39, 0.29) is 5.78 Å². The number of fused-ring (bicyclic) bond motifs is 1. The lowest BCUT2D eigenvalue weighted by atomic mass is 10.0. The maximum Gasteiger partial charge on any atom is 0.200 e. The van der Waals surface area contributed by atoms with Crippen LogP contribution < -0.4 is 5.73 Å². The molecule has 2 N–H and O–H groups in total. The Morgan fingerprint density at radius 1 is 1.11 bits per heavy atom. The smallest absolute Gasteiger partial charge is 0.200 e. The van der Waals surface area contributed by atoms with Crippen molar-refractivity contribution in [2.75, 3.05) is 5.73 Å². The molecule has 0 atom stereocenters. The van der Waals surface area contributed by atoms with E-state index in [0.717, 1.165) is 11.0 Å². The van der Waals surface area contributed by atoms with Gasteiger partial charge in [0.15, 0.2) is 5.78 Å². The lowest BCUT2D eigenvalue weighted by Gasteiger charge is -2.01. The monoisotopic (exact) mass is 251 g/mol. The molecule has 0 radical (unpaired) electrons. The first-order valence-corrected chi connectivity index (χ1v) is 5.98. The summed E-state index contributed by atoms with van der Waals surface area (Å²) in [6.45, 7) is 0. The van der Waals surface area contributed by atoms with Gasteiger partial charge in [0.25, 0.3) is 0 Å². The van der Waals surface area contributed by atoms with E-state index in [4.69, 9.17) is 5.73 Å². The van der Waals surface area contributed by atoms with E-state index in [1.165, 1.54) is 0 Å². The summed E-state index contributed by atoms with van der Waals surface area (Å²) in [6.07, 6.45) is 0. The van der Waals surface area contributed by atoms with Crippen LogP contribution in [0.1, 0.15) is 15.9 Å². The van der Waals surface area contributed by atoms with E-state index in [1.807, 2.05) is 31.3 Å². The summed E-state index contributed by atoms with van der Waals surface area (Å²) in [4.78, 5) is 16.6. The van der Waals surface area contributed by atoms with E-state index in [1.54, 1.807) is 28.8 Å². The largest absolute Gasteiger partial charge is 0.369 e. The van der Waals surface area contributed by atoms with Gasteiger partial charge in [-0.15, -0.1) is 0 Å². The van der Waals surface area contributed by atoms with Gasteiger partial charge in [-0.25, -0.2) is 4.98 Å². The highest BCUT2D eigenvalue weighted by atomic mass is 16.1. The van der Waals surface area contributed by atoms with Crippen LogP contribution >= 0.6 is 0 Å². The van der Waals surface area contributed by atoms with Crippen molar-refractivity contribution in [2.24, 2.45) is 7.05 Å². The molecular formula is C15H13N3O. The van der Waals surface area contributed by atoms with Crippen LogP contribution in [-0.2, 0) is 7.05 Å². The first-order chi connectivity index (χ1) is 9.16. The van der Waals surface area contributed by atoms with E-state index >= 15 is 0 Å². The highest BCUT2D eigenvalue weighted by Crippen LogP contribution is 2.19. The van der Waals surface area contributed by atoms with Crippen molar-refractivity contribution in [1.82, 2.24) is 9.55 Å². The molecule has 0 saturated heterocycles. The molecule has 0 bridgehead atoms. The standard InChI is InChI=1S/C15H13N3O/c1-18-13-8-7-11(9-12(13)17-15(18)16)14(19)10-5-3-2-4-6-10/h2-9H,1H3,(H2,16,17). The molecule has 0 saturated carbocycles. The molecular weight excluding hydrogens is 238 g/mol. The number of nitrogens with two attached hydrogens (primary N) is 1. The molecule has 4 nitrogen and oxygen atoms in total. The van der Waals surface area contributed by atoms with Gasteiger partial charge in [-0.3, -0.25) is 4.79 Å². The Hall–Kier alpha value is -2.62. The van der Waals surface area contributed by atoms with Crippen molar-refractivity contribution in [2.45, 2.75) is 0 Å². The van der Waals surface area contributed by atoms with Gasteiger partial charge in [-0.05, 0) is 18.2 Å². The Kier molecular flexibility index (Phi) is 2.56. The Labute approximate surface area is 110 Å². The quantitative estimate of drug-likeness (QED) is 0.711. The van der Waals surface area contributed by atoms with E-state index in [2.05, 4.69) is 4.98 Å². The van der Waals surface area contributed by atoms with Gasteiger partial charge in [0.05, 0.1) is 11.0 Å². The first kappa shape index (κ1) is 11.5. The van der Waals surface area contributed by atoms with Crippen molar-refractivity contribution in [3.8, 4) is 0 Å². The van der Waals surface area contributed by atoms with Crippen LogP contribution in [-0.4, -0.2) is 15.3 Å². The van der Waals surface area contributed by atoms with Gasteiger partial charge in [-0.2, -0.15) is 0 Å². The molecule has 0 spiro atoms. The number of carbonyl (C=O) groups excluding carboxylic acids is 1. The average molecular weight is 251 g/mol. The summed E-state index contributed by atoms with van der Waals surface area (Å²) in [5, 5.41) is 0. The second-order valence-corrected chi connectivity index (χ2v) is 4.43. The second-order valence-electron chi connectivity index (χ2n) is 4.43. The lowest BCUT2D eigenvalue weighted by molar-refractivity contribution is 0.103. The molecule has 1 aromatic heterocycles. The number of carbonyl (C=O) groups is 1. The minimum absolute atomic E-state index is 0.00766.